The van der Waals surface area contributed by atoms with E-state index in [1.54, 1.807) is 6.08 Å². The first-order chi connectivity index (χ1) is 5.56. The molecule has 0 fully saturated rings. The lowest BCUT2D eigenvalue weighted by molar-refractivity contribution is -0.158. The largest absolute Gasteiger partial charge is 0.479 e. The molecule has 0 heterocycles. The number of carbonyl (C=O) groups is 1. The summed E-state index contributed by atoms with van der Waals surface area (Å²) in [5.74, 6) is -1.20. The Kier molecular flexibility index (Phi) is 4.29. The van der Waals surface area contributed by atoms with E-state index >= 15 is 0 Å². The lowest BCUT2D eigenvalue weighted by Crippen LogP contribution is -2.37. The molecular weight excluding hydrogens is 156 g/mol. The minimum atomic E-state index is -1.67. The summed E-state index contributed by atoms with van der Waals surface area (Å²) in [5, 5.41) is 18.2. The van der Waals surface area contributed by atoms with Crippen LogP contribution in [0.15, 0.2) is 25.3 Å². The van der Waals surface area contributed by atoms with E-state index in [2.05, 4.69) is 13.2 Å². The molecule has 0 rings (SSSR count). The molecule has 3 heteroatoms. The van der Waals surface area contributed by atoms with E-state index in [9.17, 15) is 9.90 Å². The molecule has 0 aromatic carbocycles. The highest BCUT2D eigenvalue weighted by molar-refractivity contribution is 5.77. The molecule has 3 nitrogen and oxygen atoms in total. The van der Waals surface area contributed by atoms with Gasteiger partial charge in [0.2, 0.25) is 0 Å². The predicted octanol–water partition coefficient (Wildman–Crippen LogP) is 1.34. The van der Waals surface area contributed by atoms with Gasteiger partial charge in [0, 0.05) is 6.42 Å². The van der Waals surface area contributed by atoms with Crippen LogP contribution in [-0.2, 0) is 4.79 Å². The van der Waals surface area contributed by atoms with Crippen molar-refractivity contribution in [3.8, 4) is 0 Å². The number of aliphatic carboxylic acids is 1. The van der Waals surface area contributed by atoms with Crippen LogP contribution in [0.5, 0.6) is 0 Å². The van der Waals surface area contributed by atoms with Gasteiger partial charge in [0.15, 0.2) is 5.60 Å². The number of allylic oxidation sites excluding steroid dienone is 1. The number of carboxylic acid groups (broad SMARTS) is 1. The number of hydrogen-bond acceptors (Lipinski definition) is 2. The molecule has 0 saturated heterocycles. The van der Waals surface area contributed by atoms with Crippen molar-refractivity contribution in [1.82, 2.24) is 0 Å². The van der Waals surface area contributed by atoms with Gasteiger partial charge in [-0.25, -0.2) is 4.79 Å². The number of rotatable bonds is 6. The molecular formula is C9H14O3. The van der Waals surface area contributed by atoms with Gasteiger partial charge in [-0.2, -0.15) is 0 Å². The first kappa shape index (κ1) is 10.9. The van der Waals surface area contributed by atoms with Gasteiger partial charge < -0.3 is 10.2 Å². The minimum Gasteiger partial charge on any atom is -0.479 e. The molecule has 0 aromatic heterocycles. The van der Waals surface area contributed by atoms with Gasteiger partial charge in [-0.05, 0) is 12.8 Å². The van der Waals surface area contributed by atoms with Crippen molar-refractivity contribution in [2.75, 3.05) is 0 Å². The van der Waals surface area contributed by atoms with Crippen molar-refractivity contribution >= 4 is 5.97 Å². The van der Waals surface area contributed by atoms with Gasteiger partial charge in [-0.15, -0.1) is 13.2 Å². The highest BCUT2D eigenvalue weighted by atomic mass is 16.4. The molecule has 0 bridgehead atoms. The van der Waals surface area contributed by atoms with Crippen molar-refractivity contribution in [2.45, 2.75) is 24.9 Å². The molecule has 12 heavy (non-hydrogen) atoms. The van der Waals surface area contributed by atoms with Crippen LogP contribution >= 0.6 is 0 Å². The van der Waals surface area contributed by atoms with Gasteiger partial charge >= 0.3 is 5.97 Å². The fraction of sp³-hybridized carbons (Fsp3) is 0.444. The normalized spacial score (nSPS) is 14.8. The highest BCUT2D eigenvalue weighted by Gasteiger charge is 2.33. The maximum Gasteiger partial charge on any atom is 0.336 e. The summed E-state index contributed by atoms with van der Waals surface area (Å²) in [6, 6.07) is 0. The summed E-state index contributed by atoms with van der Waals surface area (Å²) in [6.45, 7) is 6.84. The Hall–Kier alpha value is -1.09. The third kappa shape index (κ3) is 2.88. The molecule has 0 saturated carbocycles. The first-order valence-corrected chi connectivity index (χ1v) is 3.74. The van der Waals surface area contributed by atoms with Crippen molar-refractivity contribution in [1.29, 1.82) is 0 Å². The van der Waals surface area contributed by atoms with Crippen molar-refractivity contribution in [3.63, 3.8) is 0 Å². The first-order valence-electron chi connectivity index (χ1n) is 3.74. The maximum atomic E-state index is 10.6. The van der Waals surface area contributed by atoms with E-state index in [4.69, 9.17) is 5.11 Å². The van der Waals surface area contributed by atoms with Crippen molar-refractivity contribution in [3.05, 3.63) is 25.3 Å². The average Bonchev–Trinajstić information content (AvgIpc) is 2.01. The molecule has 1 unspecified atom stereocenters. The van der Waals surface area contributed by atoms with Crippen LogP contribution in [0.3, 0.4) is 0 Å². The second kappa shape index (κ2) is 4.72. The summed E-state index contributed by atoms with van der Waals surface area (Å²) in [4.78, 5) is 10.6. The summed E-state index contributed by atoms with van der Waals surface area (Å²) in [6.07, 6.45) is 3.71. The molecule has 0 radical (unpaired) electrons. The maximum absolute atomic E-state index is 10.6. The van der Waals surface area contributed by atoms with Crippen LogP contribution < -0.4 is 0 Å². The van der Waals surface area contributed by atoms with Crippen molar-refractivity contribution < 1.29 is 15.0 Å². The molecule has 0 aromatic rings. The lowest BCUT2D eigenvalue weighted by atomic mass is 9.94. The van der Waals surface area contributed by atoms with Gasteiger partial charge in [0.25, 0.3) is 0 Å². The molecule has 0 aliphatic heterocycles. The summed E-state index contributed by atoms with van der Waals surface area (Å²) >= 11 is 0. The summed E-state index contributed by atoms with van der Waals surface area (Å²) < 4.78 is 0. The lowest BCUT2D eigenvalue weighted by Gasteiger charge is -2.20. The molecule has 0 spiro atoms. The molecule has 0 aliphatic carbocycles. The Bertz CT molecular complexity index is 186. The van der Waals surface area contributed by atoms with E-state index in [1.807, 2.05) is 0 Å². The third-order valence-electron chi connectivity index (χ3n) is 1.64. The summed E-state index contributed by atoms with van der Waals surface area (Å²) in [7, 11) is 0. The van der Waals surface area contributed by atoms with Crippen LogP contribution in [0.25, 0.3) is 0 Å². The third-order valence-corrected chi connectivity index (χ3v) is 1.64. The molecule has 1 atom stereocenters. The van der Waals surface area contributed by atoms with E-state index in [0.29, 0.717) is 6.42 Å². The fourth-order valence-electron chi connectivity index (χ4n) is 0.876. The Labute approximate surface area is 72.0 Å². The van der Waals surface area contributed by atoms with Crippen LogP contribution in [0.2, 0.25) is 0 Å². The smallest absolute Gasteiger partial charge is 0.336 e. The van der Waals surface area contributed by atoms with E-state index < -0.39 is 11.6 Å². The van der Waals surface area contributed by atoms with E-state index in [0.717, 1.165) is 0 Å². The predicted molar refractivity (Wildman–Crippen MR) is 46.8 cm³/mol. The van der Waals surface area contributed by atoms with Crippen LogP contribution in [0, 0.1) is 0 Å². The Morgan fingerprint density at radius 2 is 2.00 bits per heavy atom. The van der Waals surface area contributed by atoms with Gasteiger partial charge in [0.05, 0.1) is 0 Å². The Morgan fingerprint density at radius 3 is 2.33 bits per heavy atom. The molecule has 0 amide bonds. The fourth-order valence-corrected chi connectivity index (χ4v) is 0.876. The standard InChI is InChI=1S/C9H14O3/c1-3-5-7-9(12,6-4-2)8(10)11/h3-4,12H,1-2,5-7H2,(H,10,11). The number of aliphatic hydroxyl groups is 1. The van der Waals surface area contributed by atoms with E-state index in [1.165, 1.54) is 6.08 Å². The Balaban J connectivity index is 4.26. The van der Waals surface area contributed by atoms with E-state index in [-0.39, 0.29) is 12.8 Å². The SMILES string of the molecule is C=CCCC(O)(CC=C)C(=O)O. The van der Waals surface area contributed by atoms with Crippen LogP contribution in [0.1, 0.15) is 19.3 Å². The zero-order valence-electron chi connectivity index (χ0n) is 6.99. The molecule has 2 N–H and O–H groups in total. The quantitative estimate of drug-likeness (QED) is 0.591. The van der Waals surface area contributed by atoms with Crippen molar-refractivity contribution in [2.24, 2.45) is 0 Å². The molecule has 0 aliphatic rings. The average molecular weight is 170 g/mol. The van der Waals surface area contributed by atoms with Crippen LogP contribution in [0.4, 0.5) is 0 Å². The zero-order chi connectivity index (χ0) is 9.61. The molecule has 68 valence electrons. The second-order valence-corrected chi connectivity index (χ2v) is 2.66. The van der Waals surface area contributed by atoms with Crippen LogP contribution in [-0.4, -0.2) is 21.8 Å². The monoisotopic (exact) mass is 170 g/mol. The topological polar surface area (TPSA) is 57.5 Å². The van der Waals surface area contributed by atoms with Gasteiger partial charge in [-0.1, -0.05) is 12.2 Å². The Morgan fingerprint density at radius 1 is 1.42 bits per heavy atom. The number of carboxylic acids is 1. The van der Waals surface area contributed by atoms with Gasteiger partial charge in [0.1, 0.15) is 0 Å². The zero-order valence-corrected chi connectivity index (χ0v) is 6.99. The highest BCUT2D eigenvalue weighted by Crippen LogP contribution is 2.18. The summed E-state index contributed by atoms with van der Waals surface area (Å²) in [5.41, 5.74) is -1.67. The number of hydrogen-bond donors (Lipinski definition) is 2. The second-order valence-electron chi connectivity index (χ2n) is 2.66. The van der Waals surface area contributed by atoms with Gasteiger partial charge in [-0.3, -0.25) is 0 Å². The minimum absolute atomic E-state index is 0.0656.